The van der Waals surface area contributed by atoms with Gasteiger partial charge in [0.1, 0.15) is 5.78 Å². The van der Waals surface area contributed by atoms with Gasteiger partial charge in [0.25, 0.3) is 0 Å². The predicted molar refractivity (Wildman–Crippen MR) is 38.7 cm³/mol. The van der Waals surface area contributed by atoms with Gasteiger partial charge < -0.3 is 10.2 Å². The maximum atomic E-state index is 10.5. The molecule has 4 nitrogen and oxygen atoms in total. The summed E-state index contributed by atoms with van der Waals surface area (Å²) in [4.78, 5) is 19.0. The summed E-state index contributed by atoms with van der Waals surface area (Å²) in [5.41, 5.74) is 0. The van der Waals surface area contributed by atoms with Gasteiger partial charge in [-0.1, -0.05) is 6.42 Å². The molecular weight excluding hydrogens is 148 g/mol. The average molecular weight is 160 g/mol. The zero-order valence-electron chi connectivity index (χ0n) is 6.25. The number of hydrogen-bond acceptors (Lipinski definition) is 2. The largest absolute Gasteiger partial charge is 0.503 e. The highest BCUT2D eigenvalue weighted by molar-refractivity contribution is 5.78. The Morgan fingerprint density at radius 1 is 1.09 bits per heavy atom. The molecule has 0 atom stereocenters. The fourth-order valence-corrected chi connectivity index (χ4v) is 0.946. The summed E-state index contributed by atoms with van der Waals surface area (Å²) >= 11 is 0. The number of carboxylic acid groups (broad SMARTS) is 2. The number of Topliss-reactive ketones (excluding diaryl/α,β-unsaturated/α-hetero) is 1. The van der Waals surface area contributed by atoms with Crippen LogP contribution in [-0.2, 0) is 4.79 Å². The molecule has 4 heteroatoms. The molecule has 1 fully saturated rings. The Morgan fingerprint density at radius 2 is 1.45 bits per heavy atom. The lowest BCUT2D eigenvalue weighted by atomic mass is 10.00. The average Bonchev–Trinajstić information content (AvgIpc) is 1.87. The SMILES string of the molecule is O=C(O)O.O=C1CCCCC1. The van der Waals surface area contributed by atoms with Gasteiger partial charge in [-0.25, -0.2) is 4.79 Å². The summed E-state index contributed by atoms with van der Waals surface area (Å²) in [5, 5.41) is 13.9. The van der Waals surface area contributed by atoms with Crippen molar-refractivity contribution >= 4 is 11.9 Å². The van der Waals surface area contributed by atoms with Crippen LogP contribution in [0.25, 0.3) is 0 Å². The molecule has 0 radical (unpaired) electrons. The molecule has 11 heavy (non-hydrogen) atoms. The first-order valence-electron chi connectivity index (χ1n) is 3.56. The van der Waals surface area contributed by atoms with Gasteiger partial charge in [-0.15, -0.1) is 0 Å². The van der Waals surface area contributed by atoms with Gasteiger partial charge in [0.15, 0.2) is 0 Å². The first-order valence-corrected chi connectivity index (χ1v) is 3.56. The summed E-state index contributed by atoms with van der Waals surface area (Å²) in [6, 6.07) is 0. The molecule has 0 spiro atoms. The van der Waals surface area contributed by atoms with E-state index in [1.165, 1.54) is 6.42 Å². The van der Waals surface area contributed by atoms with Crippen molar-refractivity contribution in [2.45, 2.75) is 32.1 Å². The van der Waals surface area contributed by atoms with E-state index in [0.717, 1.165) is 25.7 Å². The molecule has 1 aliphatic rings. The molecule has 1 rings (SSSR count). The predicted octanol–water partition coefficient (Wildman–Crippen LogP) is 1.74. The van der Waals surface area contributed by atoms with Crippen molar-refractivity contribution in [2.75, 3.05) is 0 Å². The van der Waals surface area contributed by atoms with E-state index in [2.05, 4.69) is 0 Å². The lowest BCUT2D eigenvalue weighted by Crippen LogP contribution is -2.02. The Balaban J connectivity index is 0.000000218. The minimum Gasteiger partial charge on any atom is -0.450 e. The molecule has 0 aromatic heterocycles. The molecule has 0 saturated heterocycles. The molecule has 0 aliphatic heterocycles. The molecule has 1 saturated carbocycles. The number of carbonyl (C=O) groups is 2. The summed E-state index contributed by atoms with van der Waals surface area (Å²) < 4.78 is 0. The van der Waals surface area contributed by atoms with E-state index in [0.29, 0.717) is 5.78 Å². The maximum absolute atomic E-state index is 10.5. The highest BCUT2D eigenvalue weighted by Gasteiger charge is 2.05. The van der Waals surface area contributed by atoms with Crippen LogP contribution in [0.4, 0.5) is 4.79 Å². The van der Waals surface area contributed by atoms with E-state index >= 15 is 0 Å². The standard InChI is InChI=1S/C6H10O.CH2O3/c7-6-4-2-1-3-5-6;2-1(3)4/h1-5H2;(H2,2,3,4). The Kier molecular flexibility index (Phi) is 5.15. The molecule has 64 valence electrons. The Bertz CT molecular complexity index is 129. The third kappa shape index (κ3) is 8.94. The van der Waals surface area contributed by atoms with Gasteiger partial charge in [0.05, 0.1) is 0 Å². The minimum absolute atomic E-state index is 0.464. The third-order valence-electron chi connectivity index (χ3n) is 1.41. The molecule has 0 heterocycles. The van der Waals surface area contributed by atoms with Crippen molar-refractivity contribution in [1.29, 1.82) is 0 Å². The monoisotopic (exact) mass is 160 g/mol. The molecule has 0 amide bonds. The molecule has 2 N–H and O–H groups in total. The van der Waals surface area contributed by atoms with Crippen molar-refractivity contribution in [3.63, 3.8) is 0 Å². The van der Waals surface area contributed by atoms with Crippen LogP contribution < -0.4 is 0 Å². The summed E-state index contributed by atoms with van der Waals surface area (Å²) in [6.45, 7) is 0. The van der Waals surface area contributed by atoms with Crippen LogP contribution in [0.3, 0.4) is 0 Å². The van der Waals surface area contributed by atoms with Crippen molar-refractivity contribution in [3.8, 4) is 0 Å². The molecule has 0 aromatic rings. The fraction of sp³-hybridized carbons (Fsp3) is 0.714. The number of hydrogen-bond donors (Lipinski definition) is 2. The van der Waals surface area contributed by atoms with Gasteiger partial charge in [0, 0.05) is 12.8 Å². The van der Waals surface area contributed by atoms with Crippen LogP contribution in [-0.4, -0.2) is 22.2 Å². The normalized spacial score (nSPS) is 16.5. The smallest absolute Gasteiger partial charge is 0.450 e. The second-order valence-corrected chi connectivity index (χ2v) is 2.38. The Labute approximate surface area is 64.8 Å². The van der Waals surface area contributed by atoms with Crippen molar-refractivity contribution < 1.29 is 19.8 Å². The van der Waals surface area contributed by atoms with E-state index in [4.69, 9.17) is 15.0 Å². The van der Waals surface area contributed by atoms with Crippen LogP contribution >= 0.6 is 0 Å². The van der Waals surface area contributed by atoms with Crippen molar-refractivity contribution in [1.82, 2.24) is 0 Å². The quantitative estimate of drug-likeness (QED) is 0.566. The van der Waals surface area contributed by atoms with E-state index in [1.807, 2.05) is 0 Å². The van der Waals surface area contributed by atoms with Gasteiger partial charge in [-0.05, 0) is 12.8 Å². The van der Waals surface area contributed by atoms with E-state index in [1.54, 1.807) is 0 Å². The van der Waals surface area contributed by atoms with Crippen molar-refractivity contribution in [2.24, 2.45) is 0 Å². The Morgan fingerprint density at radius 3 is 1.64 bits per heavy atom. The van der Waals surface area contributed by atoms with E-state index < -0.39 is 6.16 Å². The second-order valence-electron chi connectivity index (χ2n) is 2.38. The fourth-order valence-electron chi connectivity index (χ4n) is 0.946. The van der Waals surface area contributed by atoms with Crippen LogP contribution in [0.5, 0.6) is 0 Å². The minimum atomic E-state index is -1.83. The van der Waals surface area contributed by atoms with Gasteiger partial charge in [-0.2, -0.15) is 0 Å². The van der Waals surface area contributed by atoms with E-state index in [9.17, 15) is 4.79 Å². The number of rotatable bonds is 0. The van der Waals surface area contributed by atoms with Crippen LogP contribution in [0.2, 0.25) is 0 Å². The van der Waals surface area contributed by atoms with Gasteiger partial charge in [-0.3, -0.25) is 4.79 Å². The highest BCUT2D eigenvalue weighted by atomic mass is 16.6. The second kappa shape index (κ2) is 5.70. The first kappa shape index (κ1) is 9.94. The van der Waals surface area contributed by atoms with Gasteiger partial charge >= 0.3 is 6.16 Å². The summed E-state index contributed by atoms with van der Waals surface area (Å²) in [6.07, 6.45) is 3.41. The molecule has 0 aromatic carbocycles. The molecule has 1 aliphatic carbocycles. The molecule has 0 bridgehead atoms. The van der Waals surface area contributed by atoms with Crippen molar-refractivity contribution in [3.05, 3.63) is 0 Å². The van der Waals surface area contributed by atoms with Gasteiger partial charge in [0.2, 0.25) is 0 Å². The third-order valence-corrected chi connectivity index (χ3v) is 1.41. The highest BCUT2D eigenvalue weighted by Crippen LogP contribution is 2.12. The lowest BCUT2D eigenvalue weighted by Gasteiger charge is -2.05. The number of ketones is 1. The zero-order valence-corrected chi connectivity index (χ0v) is 6.25. The first-order chi connectivity index (χ1) is 5.13. The zero-order chi connectivity index (χ0) is 8.69. The summed E-state index contributed by atoms with van der Waals surface area (Å²) in [7, 11) is 0. The maximum Gasteiger partial charge on any atom is 0.503 e. The van der Waals surface area contributed by atoms with Crippen LogP contribution in [0.15, 0.2) is 0 Å². The summed E-state index contributed by atoms with van der Waals surface area (Å²) in [5.74, 6) is 0.464. The molecular formula is C7H12O4. The van der Waals surface area contributed by atoms with E-state index in [-0.39, 0.29) is 0 Å². The number of carbonyl (C=O) groups excluding carboxylic acids is 1. The topological polar surface area (TPSA) is 74.6 Å². The Hall–Kier alpha value is -1.06. The molecule has 0 unspecified atom stereocenters. The van der Waals surface area contributed by atoms with Crippen LogP contribution in [0.1, 0.15) is 32.1 Å². The van der Waals surface area contributed by atoms with Crippen LogP contribution in [0, 0.1) is 0 Å². The lowest BCUT2D eigenvalue weighted by molar-refractivity contribution is -0.120.